The van der Waals surface area contributed by atoms with Crippen molar-refractivity contribution in [1.82, 2.24) is 15.2 Å². The van der Waals surface area contributed by atoms with Crippen LogP contribution >= 0.6 is 23.2 Å². The first-order valence-electron chi connectivity index (χ1n) is 10.0. The number of aromatic nitrogens is 1. The first kappa shape index (κ1) is 23.6. The van der Waals surface area contributed by atoms with Gasteiger partial charge in [-0.3, -0.25) is 14.6 Å². The molecule has 0 aliphatic rings. The highest BCUT2D eigenvalue weighted by Crippen LogP contribution is 2.23. The summed E-state index contributed by atoms with van der Waals surface area (Å²) in [5.41, 5.74) is 1.71. The molecule has 3 rings (SSSR count). The van der Waals surface area contributed by atoms with Gasteiger partial charge in [0.25, 0.3) is 5.91 Å². The van der Waals surface area contributed by atoms with E-state index >= 15 is 0 Å². The molecule has 1 aromatic heterocycles. The summed E-state index contributed by atoms with van der Waals surface area (Å²) < 4.78 is 5.61. The molecule has 0 aliphatic carbocycles. The lowest BCUT2D eigenvalue weighted by Crippen LogP contribution is -2.48. The minimum Gasteiger partial charge on any atom is -0.482 e. The van der Waals surface area contributed by atoms with Crippen molar-refractivity contribution >= 4 is 35.0 Å². The van der Waals surface area contributed by atoms with Crippen LogP contribution in [0, 0.1) is 0 Å². The number of ether oxygens (including phenoxy) is 1. The number of hydrogen-bond donors (Lipinski definition) is 1. The second-order valence-electron chi connectivity index (χ2n) is 7.12. The van der Waals surface area contributed by atoms with E-state index in [1.54, 1.807) is 61.8 Å². The maximum atomic E-state index is 13.1. The second kappa shape index (κ2) is 11.5. The van der Waals surface area contributed by atoms with Crippen LogP contribution in [0.15, 0.2) is 73.1 Å². The van der Waals surface area contributed by atoms with E-state index in [4.69, 9.17) is 27.9 Å². The Balaban J connectivity index is 1.71. The zero-order valence-corrected chi connectivity index (χ0v) is 19.0. The summed E-state index contributed by atoms with van der Waals surface area (Å²) in [6.45, 7) is 1.97. The number of carbonyl (C=O) groups excluding carboxylic acids is 2. The van der Waals surface area contributed by atoms with Gasteiger partial charge in [0.1, 0.15) is 11.8 Å². The van der Waals surface area contributed by atoms with Crippen molar-refractivity contribution in [2.24, 2.45) is 0 Å². The zero-order valence-electron chi connectivity index (χ0n) is 17.5. The number of hydrogen-bond acceptors (Lipinski definition) is 4. The van der Waals surface area contributed by atoms with Crippen molar-refractivity contribution in [3.05, 3.63) is 94.2 Å². The van der Waals surface area contributed by atoms with Gasteiger partial charge in [-0.25, -0.2) is 0 Å². The van der Waals surface area contributed by atoms with E-state index in [0.29, 0.717) is 22.3 Å². The molecule has 0 radical (unpaired) electrons. The molecule has 0 bridgehead atoms. The fraction of sp³-hybridized carbons (Fsp3) is 0.208. The number of pyridine rings is 1. The lowest BCUT2D eigenvalue weighted by Gasteiger charge is -2.29. The summed E-state index contributed by atoms with van der Waals surface area (Å²) in [7, 11) is 0. The van der Waals surface area contributed by atoms with Crippen LogP contribution in [0.3, 0.4) is 0 Å². The number of halogens is 2. The number of para-hydroxylation sites is 1. The van der Waals surface area contributed by atoms with Gasteiger partial charge in [0.15, 0.2) is 6.61 Å². The molecule has 0 spiro atoms. The molecule has 0 saturated heterocycles. The van der Waals surface area contributed by atoms with Gasteiger partial charge in [0, 0.05) is 30.5 Å². The largest absolute Gasteiger partial charge is 0.482 e. The smallest absolute Gasteiger partial charge is 0.261 e. The van der Waals surface area contributed by atoms with Gasteiger partial charge in [0.2, 0.25) is 5.91 Å². The first-order chi connectivity index (χ1) is 15.4. The van der Waals surface area contributed by atoms with E-state index in [2.05, 4.69) is 10.3 Å². The summed E-state index contributed by atoms with van der Waals surface area (Å²) in [4.78, 5) is 31.4. The third-order valence-electron chi connectivity index (χ3n) is 4.81. The van der Waals surface area contributed by atoms with Gasteiger partial charge < -0.3 is 15.0 Å². The molecule has 1 atom stereocenters. The molecule has 0 fully saturated rings. The number of amides is 2. The molecule has 1 heterocycles. The highest BCUT2D eigenvalue weighted by Gasteiger charge is 2.26. The van der Waals surface area contributed by atoms with Gasteiger partial charge in [-0.15, -0.1) is 0 Å². The van der Waals surface area contributed by atoms with Crippen molar-refractivity contribution in [2.45, 2.75) is 26.1 Å². The number of benzene rings is 2. The maximum Gasteiger partial charge on any atom is 0.261 e. The summed E-state index contributed by atoms with van der Waals surface area (Å²) in [6.07, 6.45) is 3.35. The van der Waals surface area contributed by atoms with Crippen molar-refractivity contribution in [1.29, 1.82) is 0 Å². The van der Waals surface area contributed by atoms with Crippen LogP contribution in [0.5, 0.6) is 5.75 Å². The molecule has 6 nitrogen and oxygen atoms in total. The Kier molecular flexibility index (Phi) is 8.48. The standard InChI is InChI=1S/C24H23Cl2N3O3/c1-17(24(31)28-14-19-5-4-12-27-13-19)29(15-18-8-10-20(25)11-9-18)23(30)16-32-22-7-3-2-6-21(22)26/h2-13,17H,14-16H2,1H3,(H,28,31)/t17-/m1/s1. The molecule has 32 heavy (non-hydrogen) atoms. The quantitative estimate of drug-likeness (QED) is 0.498. The maximum absolute atomic E-state index is 13.1. The van der Waals surface area contributed by atoms with Crippen molar-refractivity contribution in [3.8, 4) is 5.75 Å². The van der Waals surface area contributed by atoms with Crippen LogP contribution < -0.4 is 10.1 Å². The number of nitrogens with one attached hydrogen (secondary N) is 1. The van der Waals surface area contributed by atoms with Gasteiger partial charge in [-0.2, -0.15) is 0 Å². The molecular weight excluding hydrogens is 449 g/mol. The number of carbonyl (C=O) groups is 2. The van der Waals surface area contributed by atoms with E-state index in [9.17, 15) is 9.59 Å². The highest BCUT2D eigenvalue weighted by atomic mass is 35.5. The van der Waals surface area contributed by atoms with Crippen LogP contribution in [0.2, 0.25) is 10.0 Å². The van der Waals surface area contributed by atoms with Gasteiger partial charge in [0.05, 0.1) is 5.02 Å². The number of nitrogens with zero attached hydrogens (tertiary/aromatic N) is 2. The monoisotopic (exact) mass is 471 g/mol. The highest BCUT2D eigenvalue weighted by molar-refractivity contribution is 6.32. The molecule has 0 saturated carbocycles. The molecule has 2 amide bonds. The molecule has 8 heteroatoms. The first-order valence-corrected chi connectivity index (χ1v) is 10.8. The zero-order chi connectivity index (χ0) is 22.9. The molecule has 166 valence electrons. The van der Waals surface area contributed by atoms with Crippen LogP contribution in [0.1, 0.15) is 18.1 Å². The fourth-order valence-corrected chi connectivity index (χ4v) is 3.31. The van der Waals surface area contributed by atoms with Crippen LogP contribution in [0.25, 0.3) is 0 Å². The van der Waals surface area contributed by atoms with Gasteiger partial charge in [-0.05, 0) is 48.4 Å². The third kappa shape index (κ3) is 6.70. The lowest BCUT2D eigenvalue weighted by atomic mass is 10.1. The van der Waals surface area contributed by atoms with Crippen LogP contribution in [0.4, 0.5) is 0 Å². The minimum atomic E-state index is -0.732. The summed E-state index contributed by atoms with van der Waals surface area (Å²) >= 11 is 12.1. The van der Waals surface area contributed by atoms with Crippen molar-refractivity contribution in [2.75, 3.05) is 6.61 Å². The Morgan fingerprint density at radius 2 is 1.78 bits per heavy atom. The second-order valence-corrected chi connectivity index (χ2v) is 7.97. The van der Waals surface area contributed by atoms with E-state index in [1.165, 1.54) is 4.90 Å². The van der Waals surface area contributed by atoms with E-state index < -0.39 is 6.04 Å². The van der Waals surface area contributed by atoms with Crippen LogP contribution in [-0.4, -0.2) is 34.3 Å². The fourth-order valence-electron chi connectivity index (χ4n) is 2.99. The third-order valence-corrected chi connectivity index (χ3v) is 5.38. The van der Waals surface area contributed by atoms with Gasteiger partial charge >= 0.3 is 0 Å². The molecule has 0 aliphatic heterocycles. The Labute approximate surface area is 197 Å². The molecule has 3 aromatic rings. The topological polar surface area (TPSA) is 71.5 Å². The predicted octanol–water partition coefficient (Wildman–Crippen LogP) is 4.50. The van der Waals surface area contributed by atoms with Crippen molar-refractivity contribution in [3.63, 3.8) is 0 Å². The van der Waals surface area contributed by atoms with Crippen LogP contribution in [-0.2, 0) is 22.7 Å². The summed E-state index contributed by atoms with van der Waals surface area (Å²) in [6, 6.07) is 17.0. The molecule has 0 unspecified atom stereocenters. The SMILES string of the molecule is C[C@H](C(=O)NCc1cccnc1)N(Cc1ccc(Cl)cc1)C(=O)COc1ccccc1Cl. The average Bonchev–Trinajstić information content (AvgIpc) is 2.81. The molecule has 2 aromatic carbocycles. The molecular formula is C24H23Cl2N3O3. The van der Waals surface area contributed by atoms with Crippen molar-refractivity contribution < 1.29 is 14.3 Å². The van der Waals surface area contributed by atoms with E-state index in [1.807, 2.05) is 18.2 Å². The average molecular weight is 472 g/mol. The Bertz CT molecular complexity index is 1050. The Morgan fingerprint density at radius 1 is 1.03 bits per heavy atom. The Morgan fingerprint density at radius 3 is 2.47 bits per heavy atom. The number of rotatable bonds is 9. The van der Waals surface area contributed by atoms with E-state index in [0.717, 1.165) is 11.1 Å². The minimum absolute atomic E-state index is 0.226. The van der Waals surface area contributed by atoms with Gasteiger partial charge in [-0.1, -0.05) is 53.5 Å². The molecule has 1 N–H and O–H groups in total. The lowest BCUT2D eigenvalue weighted by molar-refractivity contribution is -0.142. The summed E-state index contributed by atoms with van der Waals surface area (Å²) in [5, 5.41) is 3.86. The predicted molar refractivity (Wildman–Crippen MR) is 124 cm³/mol. The summed E-state index contributed by atoms with van der Waals surface area (Å²) in [5.74, 6) is -0.222. The Hall–Kier alpha value is -3.09. The van der Waals surface area contributed by atoms with E-state index in [-0.39, 0.29) is 25.0 Å². The normalized spacial score (nSPS) is 11.5.